The number of rotatable bonds is 17. The molecule has 5 nitrogen and oxygen atoms in total. The van der Waals surface area contributed by atoms with Crippen molar-refractivity contribution < 1.29 is 23.5 Å². The molecule has 0 aromatic carbocycles. The van der Waals surface area contributed by atoms with Gasteiger partial charge in [-0.15, -0.1) is 0 Å². The molecule has 0 aromatic heterocycles. The number of likely N-dealkylation sites (N-methyl/N-ethyl adjacent to an activating group) is 1. The fourth-order valence-electron chi connectivity index (χ4n) is 2.40. The summed E-state index contributed by atoms with van der Waals surface area (Å²) < 4.78 is 10.3. The number of esters is 2. The maximum atomic E-state index is 11.6. The van der Waals surface area contributed by atoms with E-state index < -0.39 is 0 Å². The molecule has 0 amide bonds. The predicted octanol–water partition coefficient (Wildman–Crippen LogP) is 5.66. The summed E-state index contributed by atoms with van der Waals surface area (Å²) in [6, 6.07) is 0. The number of quaternary nitrogens is 1. The van der Waals surface area contributed by atoms with Crippen LogP contribution in [0.3, 0.4) is 0 Å². The molecule has 0 aromatic rings. The van der Waals surface area contributed by atoms with Crippen LogP contribution in [-0.2, 0) is 19.1 Å². The van der Waals surface area contributed by atoms with Gasteiger partial charge in [-0.2, -0.15) is 0 Å². The third-order valence-corrected chi connectivity index (χ3v) is 3.95. The van der Waals surface area contributed by atoms with Gasteiger partial charge in [-0.25, -0.2) is 4.79 Å². The number of carbonyl (C=O) groups excluding carboxylic acids is 2. The first-order valence-electron chi connectivity index (χ1n) is 11.2. The molecule has 0 spiro atoms. The molecule has 174 valence electrons. The molecule has 31 heavy (non-hydrogen) atoms. The van der Waals surface area contributed by atoms with Crippen LogP contribution in [0, 0.1) is 0 Å². The molecular formula is C26H42NO4+. The van der Waals surface area contributed by atoms with Gasteiger partial charge >= 0.3 is 11.9 Å². The van der Waals surface area contributed by atoms with Crippen LogP contribution in [0.4, 0.5) is 0 Å². The van der Waals surface area contributed by atoms with Gasteiger partial charge in [0.05, 0.1) is 21.1 Å². The quantitative estimate of drug-likeness (QED) is 0.0978. The van der Waals surface area contributed by atoms with Crippen molar-refractivity contribution in [1.82, 2.24) is 0 Å². The van der Waals surface area contributed by atoms with Crippen LogP contribution in [0.1, 0.15) is 58.3 Å². The lowest BCUT2D eigenvalue weighted by molar-refractivity contribution is -0.862. The standard InChI is InChI=1S/C26H42NO4/c1-5-6-7-8-9-10-11-12-13-14-15-16-17-18-19-20-21-22-25(28)30-24-31-26(29)23-27(2,3)4/h6-7,9-10,12-13,15-16,18-19H,5,8,11,14,17,20-24H2,1-4H3/q+1. The topological polar surface area (TPSA) is 52.6 Å². The van der Waals surface area contributed by atoms with Gasteiger partial charge in [0.15, 0.2) is 6.54 Å². The number of hydrogen-bond acceptors (Lipinski definition) is 4. The Morgan fingerprint density at radius 1 is 0.677 bits per heavy atom. The lowest BCUT2D eigenvalue weighted by atomic mass is 10.2. The zero-order chi connectivity index (χ0) is 23.2. The lowest BCUT2D eigenvalue weighted by Crippen LogP contribution is -2.40. The van der Waals surface area contributed by atoms with Crippen molar-refractivity contribution in [3.8, 4) is 0 Å². The Morgan fingerprint density at radius 2 is 1.13 bits per heavy atom. The fraction of sp³-hybridized carbons (Fsp3) is 0.538. The third-order valence-electron chi connectivity index (χ3n) is 3.95. The average molecular weight is 433 g/mol. The normalized spacial score (nSPS) is 12.8. The smallest absolute Gasteiger partial charge is 0.364 e. The van der Waals surface area contributed by atoms with Gasteiger partial charge in [0.25, 0.3) is 0 Å². The van der Waals surface area contributed by atoms with Crippen LogP contribution in [0.15, 0.2) is 60.8 Å². The van der Waals surface area contributed by atoms with Crippen molar-refractivity contribution in [2.45, 2.75) is 58.3 Å². The average Bonchev–Trinajstić information content (AvgIpc) is 2.69. The van der Waals surface area contributed by atoms with E-state index in [1.807, 2.05) is 21.1 Å². The van der Waals surface area contributed by atoms with Crippen LogP contribution >= 0.6 is 0 Å². The molecule has 0 rings (SSSR count). The highest BCUT2D eigenvalue weighted by molar-refractivity contribution is 5.71. The number of carbonyl (C=O) groups is 2. The minimum atomic E-state index is -0.376. The highest BCUT2D eigenvalue weighted by atomic mass is 16.7. The number of unbranched alkanes of at least 4 members (excludes halogenated alkanes) is 1. The van der Waals surface area contributed by atoms with Crippen molar-refractivity contribution in [3.05, 3.63) is 60.8 Å². The first-order valence-corrected chi connectivity index (χ1v) is 11.2. The van der Waals surface area contributed by atoms with Gasteiger partial charge in [-0.05, 0) is 44.9 Å². The monoisotopic (exact) mass is 432 g/mol. The molecule has 0 N–H and O–H groups in total. The molecule has 0 saturated heterocycles. The van der Waals surface area contributed by atoms with E-state index in [2.05, 4.69) is 67.7 Å². The van der Waals surface area contributed by atoms with Gasteiger partial charge < -0.3 is 14.0 Å². The number of nitrogens with zero attached hydrogens (tertiary/aromatic N) is 1. The molecular weight excluding hydrogens is 390 g/mol. The Balaban J connectivity index is 3.61. The highest BCUT2D eigenvalue weighted by Gasteiger charge is 2.15. The minimum absolute atomic E-state index is 0.238. The van der Waals surface area contributed by atoms with Gasteiger partial charge in [0.2, 0.25) is 6.79 Å². The van der Waals surface area contributed by atoms with Gasteiger partial charge in [0, 0.05) is 6.42 Å². The summed E-state index contributed by atoms with van der Waals surface area (Å²) in [7, 11) is 5.67. The second-order valence-electron chi connectivity index (χ2n) is 8.20. The SMILES string of the molecule is CCC=CCC=CCC=CCC=CCC=CCCCC(=O)OCOC(=O)C[N+](C)(C)C. The first-order chi connectivity index (χ1) is 14.8. The summed E-state index contributed by atoms with van der Waals surface area (Å²) in [5.41, 5.74) is 0. The molecule has 5 heteroatoms. The second kappa shape index (κ2) is 19.6. The van der Waals surface area contributed by atoms with Gasteiger partial charge in [0.1, 0.15) is 0 Å². The Kier molecular flexibility index (Phi) is 18.0. The molecule has 0 heterocycles. The molecule has 0 aliphatic rings. The van der Waals surface area contributed by atoms with Crippen molar-refractivity contribution in [2.75, 3.05) is 34.5 Å². The van der Waals surface area contributed by atoms with Crippen molar-refractivity contribution in [1.29, 1.82) is 0 Å². The summed E-state index contributed by atoms with van der Waals surface area (Å²) >= 11 is 0. The van der Waals surface area contributed by atoms with E-state index >= 15 is 0 Å². The van der Waals surface area contributed by atoms with Gasteiger partial charge in [-0.1, -0.05) is 67.7 Å². The summed E-state index contributed by atoms with van der Waals surface area (Å²) in [6.07, 6.45) is 28.4. The maximum absolute atomic E-state index is 11.6. The Bertz CT molecular complexity index is 622. The minimum Gasteiger partial charge on any atom is -0.428 e. The van der Waals surface area contributed by atoms with E-state index in [-0.39, 0.29) is 25.3 Å². The predicted molar refractivity (Wildman–Crippen MR) is 128 cm³/mol. The zero-order valence-corrected chi connectivity index (χ0v) is 19.9. The van der Waals surface area contributed by atoms with Crippen LogP contribution in [0.5, 0.6) is 0 Å². The van der Waals surface area contributed by atoms with Crippen molar-refractivity contribution >= 4 is 11.9 Å². The van der Waals surface area contributed by atoms with Crippen LogP contribution in [0.2, 0.25) is 0 Å². The Labute approximate surface area is 189 Å². The molecule has 0 aliphatic heterocycles. The van der Waals surface area contributed by atoms with E-state index in [0.29, 0.717) is 10.9 Å². The van der Waals surface area contributed by atoms with E-state index in [4.69, 9.17) is 9.47 Å². The van der Waals surface area contributed by atoms with Crippen LogP contribution in [0.25, 0.3) is 0 Å². The van der Waals surface area contributed by atoms with Crippen molar-refractivity contribution in [3.63, 3.8) is 0 Å². The van der Waals surface area contributed by atoms with E-state index in [9.17, 15) is 9.59 Å². The summed E-state index contributed by atoms with van der Waals surface area (Å²) in [4.78, 5) is 23.1. The number of ether oxygens (including phenoxy) is 2. The summed E-state index contributed by atoms with van der Waals surface area (Å²) in [5.74, 6) is -0.718. The van der Waals surface area contributed by atoms with E-state index in [1.54, 1.807) is 0 Å². The van der Waals surface area contributed by atoms with Crippen molar-refractivity contribution in [2.24, 2.45) is 0 Å². The van der Waals surface area contributed by atoms with E-state index in [0.717, 1.165) is 44.9 Å². The lowest BCUT2D eigenvalue weighted by Gasteiger charge is -2.22. The number of allylic oxidation sites excluding steroid dienone is 10. The van der Waals surface area contributed by atoms with Gasteiger partial charge in [-0.3, -0.25) is 4.79 Å². The first kappa shape index (κ1) is 28.6. The molecule has 0 unspecified atom stereocenters. The molecule has 0 bridgehead atoms. The summed E-state index contributed by atoms with van der Waals surface area (Å²) in [5, 5.41) is 0. The number of hydrogen-bond donors (Lipinski definition) is 0. The Hall–Kier alpha value is -2.40. The molecule has 0 atom stereocenters. The van der Waals surface area contributed by atoms with Crippen LogP contribution < -0.4 is 0 Å². The molecule has 0 saturated carbocycles. The maximum Gasteiger partial charge on any atom is 0.364 e. The third kappa shape index (κ3) is 23.7. The van der Waals surface area contributed by atoms with E-state index in [1.165, 1.54) is 0 Å². The largest absolute Gasteiger partial charge is 0.428 e. The Morgan fingerprint density at radius 3 is 1.61 bits per heavy atom. The molecule has 0 aliphatic carbocycles. The van der Waals surface area contributed by atoms with Crippen LogP contribution in [-0.4, -0.2) is 50.9 Å². The highest BCUT2D eigenvalue weighted by Crippen LogP contribution is 2.01. The fourth-order valence-corrected chi connectivity index (χ4v) is 2.40. The molecule has 0 fully saturated rings. The summed E-state index contributed by atoms with van der Waals surface area (Å²) in [6.45, 7) is 2.07. The second-order valence-corrected chi connectivity index (χ2v) is 8.20. The molecule has 0 radical (unpaired) electrons. The zero-order valence-electron chi connectivity index (χ0n) is 19.9.